The summed E-state index contributed by atoms with van der Waals surface area (Å²) in [5, 5.41) is 8.73. The Hall–Kier alpha value is -2.01. The van der Waals surface area contributed by atoms with Crippen LogP contribution in [-0.2, 0) is 13.0 Å². The largest absolute Gasteiger partial charge is 0.488 e. The first-order valence-electron chi connectivity index (χ1n) is 7.64. The first-order valence-corrected chi connectivity index (χ1v) is 8.52. The maximum atomic E-state index is 5.94. The van der Waals surface area contributed by atoms with Gasteiger partial charge in [0.15, 0.2) is 5.96 Å². The second-order valence-electron chi connectivity index (χ2n) is 5.21. The van der Waals surface area contributed by atoms with Crippen LogP contribution in [0.25, 0.3) is 0 Å². The Morgan fingerprint density at radius 2 is 2.18 bits per heavy atom. The predicted octanol–water partition coefficient (Wildman–Crippen LogP) is 2.81. The molecule has 116 valence electrons. The van der Waals surface area contributed by atoms with E-state index in [1.165, 1.54) is 10.4 Å². The Labute approximate surface area is 135 Å². The number of hydrogen-bond donors (Lipinski definition) is 2. The van der Waals surface area contributed by atoms with Crippen molar-refractivity contribution in [1.29, 1.82) is 0 Å². The van der Waals surface area contributed by atoms with Gasteiger partial charge in [0, 0.05) is 17.8 Å². The van der Waals surface area contributed by atoms with E-state index < -0.39 is 0 Å². The van der Waals surface area contributed by atoms with Crippen LogP contribution in [0.3, 0.4) is 0 Å². The molecule has 0 spiro atoms. The van der Waals surface area contributed by atoms with Gasteiger partial charge in [-0.2, -0.15) is 0 Å². The topological polar surface area (TPSA) is 45.7 Å². The van der Waals surface area contributed by atoms with Gasteiger partial charge in [0.1, 0.15) is 11.9 Å². The van der Waals surface area contributed by atoms with Crippen molar-refractivity contribution in [2.75, 3.05) is 13.1 Å². The minimum atomic E-state index is 0.169. The minimum Gasteiger partial charge on any atom is -0.488 e. The van der Waals surface area contributed by atoms with Crippen molar-refractivity contribution >= 4 is 17.3 Å². The highest BCUT2D eigenvalue weighted by Gasteiger charge is 2.22. The molecular formula is C17H21N3OS. The first kappa shape index (κ1) is 14.9. The fraction of sp³-hybridized carbons (Fsp3) is 0.353. The molecule has 2 aromatic rings. The molecule has 2 N–H and O–H groups in total. The summed E-state index contributed by atoms with van der Waals surface area (Å²) >= 11 is 1.73. The van der Waals surface area contributed by atoms with Crippen LogP contribution in [-0.4, -0.2) is 25.2 Å². The Bertz CT molecular complexity index is 600. The number of rotatable bonds is 5. The molecule has 1 aromatic heterocycles. The van der Waals surface area contributed by atoms with Crippen LogP contribution in [0, 0.1) is 0 Å². The number of fused-ring (bicyclic) bond motifs is 1. The summed E-state index contributed by atoms with van der Waals surface area (Å²) in [6, 6.07) is 12.4. The summed E-state index contributed by atoms with van der Waals surface area (Å²) < 4.78 is 5.94. The standard InChI is InChI=1S/C17H21N3OS/c1-2-18-17(20-12-15-7-5-9-22-15)19-11-14-10-13-6-3-4-8-16(13)21-14/h3-9,14H,2,10-12H2,1H3,(H2,18,19,20). The van der Waals surface area contributed by atoms with Crippen molar-refractivity contribution in [3.05, 3.63) is 52.2 Å². The quantitative estimate of drug-likeness (QED) is 0.659. The molecule has 1 aliphatic rings. The smallest absolute Gasteiger partial charge is 0.191 e. The highest BCUT2D eigenvalue weighted by atomic mass is 32.1. The molecule has 1 atom stereocenters. The van der Waals surface area contributed by atoms with Crippen molar-refractivity contribution in [1.82, 2.24) is 10.6 Å². The molecule has 2 heterocycles. The Balaban J connectivity index is 1.53. The van der Waals surface area contributed by atoms with Crippen LogP contribution >= 0.6 is 11.3 Å². The van der Waals surface area contributed by atoms with Crippen LogP contribution in [0.5, 0.6) is 5.75 Å². The third-order valence-electron chi connectivity index (χ3n) is 3.53. The second-order valence-corrected chi connectivity index (χ2v) is 6.24. The summed E-state index contributed by atoms with van der Waals surface area (Å²) in [4.78, 5) is 5.88. The van der Waals surface area contributed by atoms with Crippen LogP contribution < -0.4 is 15.4 Å². The van der Waals surface area contributed by atoms with Crippen molar-refractivity contribution in [3.63, 3.8) is 0 Å². The lowest BCUT2D eigenvalue weighted by atomic mass is 10.1. The average molecular weight is 315 g/mol. The number of aliphatic imine (C=N–C) groups is 1. The molecule has 1 aliphatic heterocycles. The van der Waals surface area contributed by atoms with Crippen LogP contribution in [0.2, 0.25) is 0 Å². The highest BCUT2D eigenvalue weighted by molar-refractivity contribution is 7.09. The van der Waals surface area contributed by atoms with Gasteiger partial charge >= 0.3 is 0 Å². The van der Waals surface area contributed by atoms with Crippen molar-refractivity contribution in [3.8, 4) is 5.75 Å². The normalized spacial score (nSPS) is 17.0. The first-order chi connectivity index (χ1) is 10.8. The zero-order chi connectivity index (χ0) is 15.2. The Morgan fingerprint density at radius 3 is 2.95 bits per heavy atom. The molecule has 0 saturated heterocycles. The molecule has 1 unspecified atom stereocenters. The van der Waals surface area contributed by atoms with E-state index in [1.807, 2.05) is 12.1 Å². The SMILES string of the molecule is CCNC(=NCc1cccs1)NCC1Cc2ccccc2O1. The summed E-state index contributed by atoms with van der Waals surface area (Å²) in [5.74, 6) is 1.85. The third-order valence-corrected chi connectivity index (χ3v) is 4.39. The van der Waals surface area contributed by atoms with Crippen LogP contribution in [0.15, 0.2) is 46.8 Å². The lowest BCUT2D eigenvalue weighted by molar-refractivity contribution is 0.235. The van der Waals surface area contributed by atoms with Crippen molar-refractivity contribution < 1.29 is 4.74 Å². The zero-order valence-corrected chi connectivity index (χ0v) is 13.5. The molecule has 0 saturated carbocycles. The number of nitrogens with one attached hydrogen (secondary N) is 2. The number of benzene rings is 1. The number of thiophene rings is 1. The maximum absolute atomic E-state index is 5.94. The van der Waals surface area contributed by atoms with E-state index in [2.05, 4.69) is 52.2 Å². The van der Waals surface area contributed by atoms with E-state index in [4.69, 9.17) is 4.74 Å². The van der Waals surface area contributed by atoms with Crippen LogP contribution in [0.4, 0.5) is 0 Å². The van der Waals surface area contributed by atoms with Crippen LogP contribution in [0.1, 0.15) is 17.4 Å². The maximum Gasteiger partial charge on any atom is 0.191 e. The van der Waals surface area contributed by atoms with Gasteiger partial charge in [-0.05, 0) is 30.0 Å². The summed E-state index contributed by atoms with van der Waals surface area (Å²) in [6.07, 6.45) is 1.12. The third kappa shape index (κ3) is 3.80. The molecular weight excluding hydrogens is 294 g/mol. The van der Waals surface area contributed by atoms with Gasteiger partial charge in [0.2, 0.25) is 0 Å². The highest BCUT2D eigenvalue weighted by Crippen LogP contribution is 2.27. The summed E-state index contributed by atoms with van der Waals surface area (Å²) in [7, 11) is 0. The fourth-order valence-electron chi connectivity index (χ4n) is 2.48. The van der Waals surface area contributed by atoms with Gasteiger partial charge in [-0.3, -0.25) is 0 Å². The molecule has 0 amide bonds. The molecule has 0 aliphatic carbocycles. The number of ether oxygens (including phenoxy) is 1. The average Bonchev–Trinajstić information content (AvgIpc) is 3.18. The number of para-hydroxylation sites is 1. The molecule has 3 rings (SSSR count). The molecule has 0 radical (unpaired) electrons. The lowest BCUT2D eigenvalue weighted by Gasteiger charge is -2.15. The van der Waals surface area contributed by atoms with E-state index in [0.29, 0.717) is 6.54 Å². The van der Waals surface area contributed by atoms with E-state index in [0.717, 1.165) is 31.2 Å². The van der Waals surface area contributed by atoms with E-state index in [9.17, 15) is 0 Å². The number of nitrogens with zero attached hydrogens (tertiary/aromatic N) is 1. The fourth-order valence-corrected chi connectivity index (χ4v) is 3.11. The van der Waals surface area contributed by atoms with E-state index in [1.54, 1.807) is 11.3 Å². The van der Waals surface area contributed by atoms with Crippen molar-refractivity contribution in [2.24, 2.45) is 4.99 Å². The van der Waals surface area contributed by atoms with Crippen molar-refractivity contribution in [2.45, 2.75) is 26.0 Å². The van der Waals surface area contributed by atoms with Gasteiger partial charge < -0.3 is 15.4 Å². The molecule has 4 nitrogen and oxygen atoms in total. The van der Waals surface area contributed by atoms with Gasteiger partial charge in [-0.15, -0.1) is 11.3 Å². The second kappa shape index (κ2) is 7.31. The molecule has 0 fully saturated rings. The number of hydrogen-bond acceptors (Lipinski definition) is 3. The monoisotopic (exact) mass is 315 g/mol. The zero-order valence-electron chi connectivity index (χ0n) is 12.7. The molecule has 5 heteroatoms. The molecule has 22 heavy (non-hydrogen) atoms. The molecule has 1 aromatic carbocycles. The minimum absolute atomic E-state index is 0.169. The predicted molar refractivity (Wildman–Crippen MR) is 91.7 cm³/mol. The van der Waals surface area contributed by atoms with Gasteiger partial charge in [0.05, 0.1) is 13.1 Å². The lowest BCUT2D eigenvalue weighted by Crippen LogP contribution is -2.42. The van der Waals surface area contributed by atoms with E-state index >= 15 is 0 Å². The molecule has 0 bridgehead atoms. The summed E-state index contributed by atoms with van der Waals surface area (Å²) in [6.45, 7) is 4.38. The van der Waals surface area contributed by atoms with E-state index in [-0.39, 0.29) is 6.10 Å². The van der Waals surface area contributed by atoms with Gasteiger partial charge in [-0.25, -0.2) is 4.99 Å². The Kier molecular flexibility index (Phi) is 4.96. The summed E-state index contributed by atoms with van der Waals surface area (Å²) in [5.41, 5.74) is 1.29. The van der Waals surface area contributed by atoms with Gasteiger partial charge in [0.25, 0.3) is 0 Å². The number of guanidine groups is 1. The Morgan fingerprint density at radius 1 is 1.27 bits per heavy atom. The van der Waals surface area contributed by atoms with Gasteiger partial charge in [-0.1, -0.05) is 24.3 Å².